The van der Waals surface area contributed by atoms with Crippen molar-refractivity contribution in [2.75, 3.05) is 29.9 Å². The number of carbonyl (C=O) groups excluding carboxylic acids is 2. The molecular formula is C17H23N3O2. The first-order valence-corrected chi connectivity index (χ1v) is 7.99. The van der Waals surface area contributed by atoms with Gasteiger partial charge in [-0.1, -0.05) is 6.92 Å². The van der Waals surface area contributed by atoms with E-state index in [4.69, 9.17) is 0 Å². The topological polar surface area (TPSA) is 61.4 Å². The van der Waals surface area contributed by atoms with Gasteiger partial charge in [0.2, 0.25) is 11.8 Å². The molecule has 0 spiro atoms. The summed E-state index contributed by atoms with van der Waals surface area (Å²) in [6, 6.07) is 5.85. The van der Waals surface area contributed by atoms with Crippen molar-refractivity contribution in [2.45, 2.75) is 26.7 Å². The highest BCUT2D eigenvalue weighted by Gasteiger charge is 2.29. The molecule has 1 aromatic rings. The van der Waals surface area contributed by atoms with Crippen LogP contribution in [-0.4, -0.2) is 31.4 Å². The first-order valence-electron chi connectivity index (χ1n) is 7.99. The summed E-state index contributed by atoms with van der Waals surface area (Å²) in [5.41, 5.74) is 2.94. The molecule has 5 nitrogen and oxygen atoms in total. The van der Waals surface area contributed by atoms with E-state index in [1.807, 2.05) is 30.0 Å². The second-order valence-electron chi connectivity index (χ2n) is 6.31. The molecule has 22 heavy (non-hydrogen) atoms. The van der Waals surface area contributed by atoms with Gasteiger partial charge in [0.25, 0.3) is 0 Å². The van der Waals surface area contributed by atoms with Crippen LogP contribution in [0.2, 0.25) is 0 Å². The largest absolute Gasteiger partial charge is 0.326 e. The SMILES string of the molecule is CC(=O)N1CCCc2cc(NC(=O)C(C)C3CNC3)ccc21. The normalized spacial score (nSPS) is 19.1. The van der Waals surface area contributed by atoms with Crippen molar-refractivity contribution < 1.29 is 9.59 Å². The maximum Gasteiger partial charge on any atom is 0.227 e. The Balaban J connectivity index is 1.73. The molecular weight excluding hydrogens is 278 g/mol. The summed E-state index contributed by atoms with van der Waals surface area (Å²) in [5, 5.41) is 6.21. The maximum atomic E-state index is 12.3. The minimum atomic E-state index is 0.0194. The van der Waals surface area contributed by atoms with E-state index in [0.717, 1.165) is 49.4 Å². The van der Waals surface area contributed by atoms with E-state index in [2.05, 4.69) is 10.6 Å². The fourth-order valence-electron chi connectivity index (χ4n) is 3.14. The van der Waals surface area contributed by atoms with Crippen LogP contribution in [-0.2, 0) is 16.0 Å². The molecule has 0 aliphatic carbocycles. The highest BCUT2D eigenvalue weighted by Crippen LogP contribution is 2.30. The van der Waals surface area contributed by atoms with Gasteiger partial charge in [-0.3, -0.25) is 9.59 Å². The van der Waals surface area contributed by atoms with Gasteiger partial charge >= 0.3 is 0 Å². The number of nitrogens with zero attached hydrogens (tertiary/aromatic N) is 1. The van der Waals surface area contributed by atoms with Gasteiger partial charge in [0.05, 0.1) is 0 Å². The van der Waals surface area contributed by atoms with Crippen molar-refractivity contribution in [3.05, 3.63) is 23.8 Å². The number of rotatable bonds is 3. The summed E-state index contributed by atoms with van der Waals surface area (Å²) in [4.78, 5) is 25.8. The lowest BCUT2D eigenvalue weighted by Gasteiger charge is -2.32. The molecule has 1 fully saturated rings. The second-order valence-corrected chi connectivity index (χ2v) is 6.31. The van der Waals surface area contributed by atoms with Crippen molar-refractivity contribution >= 4 is 23.2 Å². The Bertz CT molecular complexity index is 596. The number of aryl methyl sites for hydroxylation is 1. The standard InChI is InChI=1S/C17H23N3O2/c1-11(14-9-18-10-14)17(22)19-15-5-6-16-13(8-15)4-3-7-20(16)12(2)21/h5-6,8,11,14,18H,3-4,7,9-10H2,1-2H3,(H,19,22). The molecule has 0 saturated carbocycles. The van der Waals surface area contributed by atoms with E-state index in [0.29, 0.717) is 5.92 Å². The Hall–Kier alpha value is -1.88. The number of carbonyl (C=O) groups is 2. The summed E-state index contributed by atoms with van der Waals surface area (Å²) >= 11 is 0. The third kappa shape index (κ3) is 2.86. The summed E-state index contributed by atoms with van der Waals surface area (Å²) in [5.74, 6) is 0.603. The van der Waals surface area contributed by atoms with Gasteiger partial charge in [0.15, 0.2) is 0 Å². The lowest BCUT2D eigenvalue weighted by molar-refractivity contribution is -0.121. The zero-order valence-electron chi connectivity index (χ0n) is 13.2. The lowest BCUT2D eigenvalue weighted by atomic mass is 9.88. The van der Waals surface area contributed by atoms with Crippen LogP contribution >= 0.6 is 0 Å². The number of amides is 2. The van der Waals surface area contributed by atoms with Gasteiger partial charge in [-0.25, -0.2) is 0 Å². The van der Waals surface area contributed by atoms with Crippen LogP contribution in [0.3, 0.4) is 0 Å². The van der Waals surface area contributed by atoms with E-state index >= 15 is 0 Å². The predicted octanol–water partition coefficient (Wildman–Crippen LogP) is 1.78. The number of fused-ring (bicyclic) bond motifs is 1. The first-order chi connectivity index (χ1) is 10.6. The molecule has 0 radical (unpaired) electrons. The lowest BCUT2D eigenvalue weighted by Crippen LogP contribution is -2.48. The van der Waals surface area contributed by atoms with Gasteiger partial charge in [-0.05, 0) is 55.6 Å². The minimum Gasteiger partial charge on any atom is -0.326 e. The van der Waals surface area contributed by atoms with Crippen LogP contribution in [0.4, 0.5) is 11.4 Å². The Morgan fingerprint density at radius 3 is 2.77 bits per heavy atom. The Labute approximate surface area is 131 Å². The fourth-order valence-corrected chi connectivity index (χ4v) is 3.14. The summed E-state index contributed by atoms with van der Waals surface area (Å²) < 4.78 is 0. The third-order valence-corrected chi connectivity index (χ3v) is 4.78. The monoisotopic (exact) mass is 301 g/mol. The molecule has 2 amide bonds. The highest BCUT2D eigenvalue weighted by atomic mass is 16.2. The third-order valence-electron chi connectivity index (χ3n) is 4.78. The van der Waals surface area contributed by atoms with Gasteiger partial charge in [-0.15, -0.1) is 0 Å². The van der Waals surface area contributed by atoms with Crippen LogP contribution in [0.15, 0.2) is 18.2 Å². The molecule has 1 atom stereocenters. The van der Waals surface area contributed by atoms with Crippen molar-refractivity contribution in [2.24, 2.45) is 11.8 Å². The quantitative estimate of drug-likeness (QED) is 0.894. The van der Waals surface area contributed by atoms with E-state index in [1.54, 1.807) is 6.92 Å². The van der Waals surface area contributed by atoms with E-state index in [1.165, 1.54) is 0 Å². The summed E-state index contributed by atoms with van der Waals surface area (Å²) in [6.45, 7) is 6.20. The van der Waals surface area contributed by atoms with Gasteiger partial charge in [0.1, 0.15) is 0 Å². The summed E-state index contributed by atoms with van der Waals surface area (Å²) in [6.07, 6.45) is 1.92. The van der Waals surface area contributed by atoms with Crippen molar-refractivity contribution in [3.63, 3.8) is 0 Å². The molecule has 2 heterocycles. The van der Waals surface area contributed by atoms with Crippen LogP contribution in [0.25, 0.3) is 0 Å². The van der Waals surface area contributed by atoms with Crippen LogP contribution in [0.5, 0.6) is 0 Å². The van der Waals surface area contributed by atoms with Crippen molar-refractivity contribution in [3.8, 4) is 0 Å². The number of nitrogens with one attached hydrogen (secondary N) is 2. The van der Waals surface area contributed by atoms with Gasteiger partial charge in [0, 0.05) is 30.8 Å². The number of anilines is 2. The average molecular weight is 301 g/mol. The first kappa shape index (κ1) is 15.0. The van der Waals surface area contributed by atoms with Crippen LogP contribution < -0.4 is 15.5 Å². The minimum absolute atomic E-state index is 0.0194. The molecule has 1 unspecified atom stereocenters. The average Bonchev–Trinajstić information content (AvgIpc) is 2.44. The molecule has 2 aliphatic rings. The molecule has 1 saturated heterocycles. The van der Waals surface area contributed by atoms with Gasteiger partial charge in [-0.2, -0.15) is 0 Å². The molecule has 5 heteroatoms. The molecule has 0 bridgehead atoms. The van der Waals surface area contributed by atoms with E-state index in [-0.39, 0.29) is 17.7 Å². The smallest absolute Gasteiger partial charge is 0.227 e. The molecule has 2 aliphatic heterocycles. The zero-order chi connectivity index (χ0) is 15.7. The van der Waals surface area contributed by atoms with Crippen LogP contribution in [0.1, 0.15) is 25.8 Å². The van der Waals surface area contributed by atoms with E-state index in [9.17, 15) is 9.59 Å². The fraction of sp³-hybridized carbons (Fsp3) is 0.529. The molecule has 0 aromatic heterocycles. The zero-order valence-corrected chi connectivity index (χ0v) is 13.2. The molecule has 3 rings (SSSR count). The van der Waals surface area contributed by atoms with Crippen LogP contribution in [0, 0.1) is 11.8 Å². The Kier molecular flexibility index (Phi) is 4.16. The molecule has 2 N–H and O–H groups in total. The highest BCUT2D eigenvalue weighted by molar-refractivity contribution is 5.95. The van der Waals surface area contributed by atoms with E-state index < -0.39 is 0 Å². The Morgan fingerprint density at radius 1 is 1.36 bits per heavy atom. The number of hydrogen-bond donors (Lipinski definition) is 2. The van der Waals surface area contributed by atoms with Crippen molar-refractivity contribution in [1.82, 2.24) is 5.32 Å². The van der Waals surface area contributed by atoms with Crippen molar-refractivity contribution in [1.29, 1.82) is 0 Å². The van der Waals surface area contributed by atoms with Gasteiger partial charge < -0.3 is 15.5 Å². The second kappa shape index (κ2) is 6.08. The maximum absolute atomic E-state index is 12.3. The molecule has 1 aromatic carbocycles. The summed E-state index contributed by atoms with van der Waals surface area (Å²) in [7, 11) is 0. The number of benzene rings is 1. The predicted molar refractivity (Wildman–Crippen MR) is 86.9 cm³/mol. The number of hydrogen-bond acceptors (Lipinski definition) is 3. The molecule has 118 valence electrons. The Morgan fingerprint density at radius 2 is 2.14 bits per heavy atom.